The molecule has 0 amide bonds. The van der Waals surface area contributed by atoms with Crippen LogP contribution in [-0.4, -0.2) is 23.1 Å². The average Bonchev–Trinajstić information content (AvgIpc) is 2.68. The van der Waals surface area contributed by atoms with E-state index in [0.717, 1.165) is 31.6 Å². The molecule has 1 atom stereocenters. The van der Waals surface area contributed by atoms with Gasteiger partial charge in [-0.2, -0.15) is 0 Å². The maximum Gasteiger partial charge on any atom is 0.339 e. The first-order valence-corrected chi connectivity index (χ1v) is 11.8. The van der Waals surface area contributed by atoms with Crippen molar-refractivity contribution in [3.8, 4) is 0 Å². The summed E-state index contributed by atoms with van der Waals surface area (Å²) in [6.45, 7) is 8.81. The van der Waals surface area contributed by atoms with Crippen LogP contribution in [0.3, 0.4) is 0 Å². The van der Waals surface area contributed by atoms with Gasteiger partial charge in [0, 0.05) is 0 Å². The van der Waals surface area contributed by atoms with Crippen LogP contribution in [0.4, 0.5) is 0 Å². The van der Waals surface area contributed by atoms with Crippen molar-refractivity contribution in [3.63, 3.8) is 0 Å². The van der Waals surface area contributed by atoms with Gasteiger partial charge < -0.3 is 9.84 Å². The molecule has 0 saturated carbocycles. The SMILES string of the molecule is CC(C)CCCCCCCCCCC(CC(C)C)OC(=O)c1ccccc1C(=O)O. The Kier molecular flexibility index (Phi) is 13.1. The summed E-state index contributed by atoms with van der Waals surface area (Å²) in [6, 6.07) is 6.26. The number of carbonyl (C=O) groups is 2. The third kappa shape index (κ3) is 11.4. The fourth-order valence-electron chi connectivity index (χ4n) is 3.80. The molecule has 0 spiro atoms. The van der Waals surface area contributed by atoms with Gasteiger partial charge in [0.15, 0.2) is 0 Å². The Hall–Kier alpha value is -1.84. The first-order chi connectivity index (χ1) is 14.3. The van der Waals surface area contributed by atoms with E-state index in [-0.39, 0.29) is 17.2 Å². The van der Waals surface area contributed by atoms with Gasteiger partial charge in [0.05, 0.1) is 11.1 Å². The van der Waals surface area contributed by atoms with E-state index in [1.807, 2.05) is 0 Å². The number of ether oxygens (including phenoxy) is 1. The van der Waals surface area contributed by atoms with E-state index in [0.29, 0.717) is 5.92 Å². The van der Waals surface area contributed by atoms with E-state index >= 15 is 0 Å². The number of hydrogen-bond donors (Lipinski definition) is 1. The summed E-state index contributed by atoms with van der Waals surface area (Å²) in [5.41, 5.74) is 0.135. The Labute approximate surface area is 183 Å². The van der Waals surface area contributed by atoms with Crippen molar-refractivity contribution < 1.29 is 19.4 Å². The quantitative estimate of drug-likeness (QED) is 0.223. The van der Waals surface area contributed by atoms with Gasteiger partial charge in [0.2, 0.25) is 0 Å². The number of benzene rings is 1. The lowest BCUT2D eigenvalue weighted by Crippen LogP contribution is -2.22. The Morgan fingerprint density at radius 2 is 1.27 bits per heavy atom. The van der Waals surface area contributed by atoms with Crippen LogP contribution in [0, 0.1) is 11.8 Å². The molecule has 0 aliphatic heterocycles. The molecule has 1 rings (SSSR count). The fraction of sp³-hybridized carbons (Fsp3) is 0.692. The lowest BCUT2D eigenvalue weighted by molar-refractivity contribution is 0.0220. The van der Waals surface area contributed by atoms with E-state index in [1.54, 1.807) is 12.1 Å². The van der Waals surface area contributed by atoms with E-state index in [1.165, 1.54) is 57.1 Å². The molecule has 170 valence electrons. The second-order valence-corrected chi connectivity index (χ2v) is 9.31. The normalized spacial score (nSPS) is 12.3. The zero-order chi connectivity index (χ0) is 22.4. The summed E-state index contributed by atoms with van der Waals surface area (Å²) in [4.78, 5) is 23.9. The largest absolute Gasteiger partial charge is 0.478 e. The van der Waals surface area contributed by atoms with Crippen molar-refractivity contribution in [1.29, 1.82) is 0 Å². The van der Waals surface area contributed by atoms with Crippen LogP contribution in [0.15, 0.2) is 24.3 Å². The second kappa shape index (κ2) is 15.0. The zero-order valence-corrected chi connectivity index (χ0v) is 19.5. The molecule has 0 aliphatic rings. The van der Waals surface area contributed by atoms with Crippen molar-refractivity contribution in [1.82, 2.24) is 0 Å². The summed E-state index contributed by atoms with van der Waals surface area (Å²) < 4.78 is 5.73. The number of carbonyl (C=O) groups excluding carboxylic acids is 1. The molecule has 1 aromatic carbocycles. The number of carboxylic acids is 1. The third-order valence-electron chi connectivity index (χ3n) is 5.44. The van der Waals surface area contributed by atoms with Gasteiger partial charge in [0.25, 0.3) is 0 Å². The standard InChI is InChI=1S/C26H42O4/c1-20(2)15-11-9-7-5-6-8-10-12-16-22(19-21(3)4)30-26(29)24-18-14-13-17-23(24)25(27)28/h13-14,17-18,20-22H,5-12,15-16,19H2,1-4H3,(H,27,28). The Morgan fingerprint density at radius 1 is 0.767 bits per heavy atom. The molecule has 1 unspecified atom stereocenters. The van der Waals surface area contributed by atoms with Crippen molar-refractivity contribution >= 4 is 11.9 Å². The number of unbranched alkanes of at least 4 members (excludes halogenated alkanes) is 7. The van der Waals surface area contributed by atoms with E-state index in [9.17, 15) is 14.7 Å². The molecule has 1 N–H and O–H groups in total. The van der Waals surface area contributed by atoms with Gasteiger partial charge >= 0.3 is 11.9 Å². The topological polar surface area (TPSA) is 63.6 Å². The smallest absolute Gasteiger partial charge is 0.339 e. The van der Waals surface area contributed by atoms with Crippen LogP contribution in [0.1, 0.15) is 119 Å². The van der Waals surface area contributed by atoms with Gasteiger partial charge in [-0.15, -0.1) is 0 Å². The van der Waals surface area contributed by atoms with Crippen LogP contribution < -0.4 is 0 Å². The fourth-order valence-corrected chi connectivity index (χ4v) is 3.80. The van der Waals surface area contributed by atoms with Gasteiger partial charge in [-0.1, -0.05) is 91.2 Å². The predicted octanol–water partition coefficient (Wildman–Crippen LogP) is 7.51. The van der Waals surface area contributed by atoms with Crippen molar-refractivity contribution in [3.05, 3.63) is 35.4 Å². The number of esters is 1. The molecule has 0 fully saturated rings. The highest BCUT2D eigenvalue weighted by Crippen LogP contribution is 2.20. The monoisotopic (exact) mass is 418 g/mol. The maximum absolute atomic E-state index is 12.6. The van der Waals surface area contributed by atoms with Gasteiger partial charge in [0.1, 0.15) is 6.10 Å². The van der Waals surface area contributed by atoms with Crippen LogP contribution in [0.2, 0.25) is 0 Å². The summed E-state index contributed by atoms with van der Waals surface area (Å²) >= 11 is 0. The van der Waals surface area contributed by atoms with E-state index in [4.69, 9.17) is 4.74 Å². The number of hydrogen-bond acceptors (Lipinski definition) is 3. The highest BCUT2D eigenvalue weighted by Gasteiger charge is 2.21. The van der Waals surface area contributed by atoms with Gasteiger partial charge in [-0.25, -0.2) is 9.59 Å². The Balaban J connectivity index is 2.36. The number of carboxylic acid groups (broad SMARTS) is 1. The number of rotatable bonds is 16. The van der Waals surface area contributed by atoms with Crippen molar-refractivity contribution in [2.24, 2.45) is 11.8 Å². The van der Waals surface area contributed by atoms with Crippen LogP contribution in [0.25, 0.3) is 0 Å². The maximum atomic E-state index is 12.6. The lowest BCUT2D eigenvalue weighted by atomic mass is 9.99. The molecular weight excluding hydrogens is 376 g/mol. The summed E-state index contributed by atoms with van der Waals surface area (Å²) in [5, 5.41) is 9.30. The summed E-state index contributed by atoms with van der Waals surface area (Å²) in [7, 11) is 0. The van der Waals surface area contributed by atoms with Crippen molar-refractivity contribution in [2.45, 2.75) is 104 Å². The first kappa shape index (κ1) is 26.2. The minimum Gasteiger partial charge on any atom is -0.478 e. The average molecular weight is 419 g/mol. The molecule has 0 radical (unpaired) electrons. The zero-order valence-electron chi connectivity index (χ0n) is 19.5. The van der Waals surface area contributed by atoms with E-state index < -0.39 is 11.9 Å². The van der Waals surface area contributed by atoms with Crippen LogP contribution >= 0.6 is 0 Å². The highest BCUT2D eigenvalue weighted by atomic mass is 16.5. The molecule has 0 heterocycles. The third-order valence-corrected chi connectivity index (χ3v) is 5.44. The highest BCUT2D eigenvalue weighted by molar-refractivity contribution is 6.02. The lowest BCUT2D eigenvalue weighted by Gasteiger charge is -2.20. The molecule has 4 heteroatoms. The minimum atomic E-state index is -1.10. The second-order valence-electron chi connectivity index (χ2n) is 9.31. The predicted molar refractivity (Wildman–Crippen MR) is 123 cm³/mol. The summed E-state index contributed by atoms with van der Waals surface area (Å²) in [5.74, 6) is -0.397. The van der Waals surface area contributed by atoms with Gasteiger partial charge in [-0.3, -0.25) is 0 Å². The molecule has 0 saturated heterocycles. The Bertz CT molecular complexity index is 621. The first-order valence-electron chi connectivity index (χ1n) is 11.8. The van der Waals surface area contributed by atoms with Gasteiger partial charge in [-0.05, 0) is 43.2 Å². The molecular formula is C26H42O4. The summed E-state index contributed by atoms with van der Waals surface area (Å²) in [6.07, 6.45) is 12.9. The minimum absolute atomic E-state index is 0.000749. The molecule has 1 aromatic rings. The molecule has 0 aliphatic carbocycles. The van der Waals surface area contributed by atoms with Crippen molar-refractivity contribution in [2.75, 3.05) is 0 Å². The van der Waals surface area contributed by atoms with Crippen LogP contribution in [-0.2, 0) is 4.74 Å². The van der Waals surface area contributed by atoms with E-state index in [2.05, 4.69) is 27.7 Å². The molecule has 0 aromatic heterocycles. The number of aromatic carboxylic acids is 1. The molecule has 30 heavy (non-hydrogen) atoms. The Morgan fingerprint density at radius 3 is 1.77 bits per heavy atom. The molecule has 0 bridgehead atoms. The van der Waals surface area contributed by atoms with Crippen LogP contribution in [0.5, 0.6) is 0 Å². The molecule has 4 nitrogen and oxygen atoms in total.